The molecule has 3 rings (SSSR count). The van der Waals surface area contributed by atoms with Crippen LogP contribution in [-0.2, 0) is 11.8 Å². The van der Waals surface area contributed by atoms with E-state index in [1.54, 1.807) is 31.4 Å². The van der Waals surface area contributed by atoms with Crippen molar-refractivity contribution in [1.29, 1.82) is 0 Å². The third-order valence-electron chi connectivity index (χ3n) is 3.26. The number of aryl methyl sites for hydroxylation is 1. The van der Waals surface area contributed by atoms with Crippen molar-refractivity contribution in [3.8, 4) is 0 Å². The van der Waals surface area contributed by atoms with E-state index in [4.69, 9.17) is 27.9 Å². The van der Waals surface area contributed by atoms with Crippen LogP contribution in [-0.4, -0.2) is 28.8 Å². The van der Waals surface area contributed by atoms with E-state index in [1.165, 1.54) is 23.1 Å². The van der Waals surface area contributed by atoms with Crippen LogP contribution in [0.1, 0.15) is 20.2 Å². The third kappa shape index (κ3) is 2.98. The number of methoxy groups -OCH3 is 1. The van der Waals surface area contributed by atoms with Crippen molar-refractivity contribution in [1.82, 2.24) is 9.78 Å². The molecule has 0 fully saturated rings. The SMILES string of the molecule is COC(=O)c1sc2cc(NC(=O)c3nn(C)cc3Cl)ccc2c1Cl. The quantitative estimate of drug-likeness (QED) is 0.694. The minimum Gasteiger partial charge on any atom is -0.465 e. The molecule has 2 aromatic heterocycles. The standard InChI is InChI=1S/C15H11Cl2N3O3S/c1-20-6-9(16)12(19-20)14(21)18-7-3-4-8-10(5-7)24-13(11(8)17)15(22)23-2/h3-6H,1-2H3,(H,18,21). The Morgan fingerprint density at radius 1 is 1.33 bits per heavy atom. The average molecular weight is 384 g/mol. The number of ether oxygens (including phenoxy) is 1. The molecule has 0 saturated heterocycles. The molecule has 0 aliphatic heterocycles. The smallest absolute Gasteiger partial charge is 0.349 e. The first-order chi connectivity index (χ1) is 11.4. The summed E-state index contributed by atoms with van der Waals surface area (Å²) in [5, 5.41) is 8.06. The van der Waals surface area contributed by atoms with Gasteiger partial charge in [0.25, 0.3) is 5.91 Å². The zero-order valence-corrected chi connectivity index (χ0v) is 14.9. The predicted octanol–water partition coefficient (Wildman–Crippen LogP) is 3.98. The van der Waals surface area contributed by atoms with Crippen molar-refractivity contribution in [2.45, 2.75) is 0 Å². The number of rotatable bonds is 3. The first kappa shape index (κ1) is 16.8. The van der Waals surface area contributed by atoms with Crippen molar-refractivity contribution >= 4 is 62.2 Å². The fourth-order valence-electron chi connectivity index (χ4n) is 2.17. The van der Waals surface area contributed by atoms with Crippen molar-refractivity contribution in [2.24, 2.45) is 7.05 Å². The van der Waals surface area contributed by atoms with Gasteiger partial charge in [-0.3, -0.25) is 9.48 Å². The first-order valence-corrected chi connectivity index (χ1v) is 8.28. The van der Waals surface area contributed by atoms with E-state index in [9.17, 15) is 9.59 Å². The maximum atomic E-state index is 12.2. The number of benzene rings is 1. The second-order valence-electron chi connectivity index (χ2n) is 4.90. The fourth-order valence-corrected chi connectivity index (χ4v) is 3.90. The zero-order chi connectivity index (χ0) is 17.4. The van der Waals surface area contributed by atoms with E-state index in [0.717, 1.165) is 10.1 Å². The number of halogens is 2. The molecule has 1 N–H and O–H groups in total. The Bertz CT molecular complexity index is 964. The molecule has 0 spiro atoms. The molecule has 1 amide bonds. The van der Waals surface area contributed by atoms with Crippen molar-refractivity contribution < 1.29 is 14.3 Å². The molecule has 0 atom stereocenters. The number of thiophene rings is 1. The second-order valence-corrected chi connectivity index (χ2v) is 6.74. The molecule has 0 aliphatic rings. The molecule has 0 unspecified atom stereocenters. The van der Waals surface area contributed by atoms with Crippen LogP contribution in [0.4, 0.5) is 5.69 Å². The van der Waals surface area contributed by atoms with Crippen LogP contribution < -0.4 is 5.32 Å². The molecule has 0 aliphatic carbocycles. The highest BCUT2D eigenvalue weighted by Crippen LogP contribution is 2.37. The highest BCUT2D eigenvalue weighted by molar-refractivity contribution is 7.21. The van der Waals surface area contributed by atoms with Gasteiger partial charge in [0.1, 0.15) is 4.88 Å². The number of nitrogens with zero attached hydrogens (tertiary/aromatic N) is 2. The number of fused-ring (bicyclic) bond motifs is 1. The van der Waals surface area contributed by atoms with Gasteiger partial charge < -0.3 is 10.1 Å². The van der Waals surface area contributed by atoms with Gasteiger partial charge in [0.15, 0.2) is 5.69 Å². The molecule has 124 valence electrons. The Morgan fingerprint density at radius 2 is 2.08 bits per heavy atom. The number of anilines is 1. The lowest BCUT2D eigenvalue weighted by molar-refractivity contribution is 0.0606. The van der Waals surface area contributed by atoms with E-state index >= 15 is 0 Å². The number of hydrogen-bond acceptors (Lipinski definition) is 5. The summed E-state index contributed by atoms with van der Waals surface area (Å²) in [7, 11) is 2.97. The molecular weight excluding hydrogens is 373 g/mol. The minimum absolute atomic E-state index is 0.138. The lowest BCUT2D eigenvalue weighted by Crippen LogP contribution is -2.13. The predicted molar refractivity (Wildman–Crippen MR) is 94.3 cm³/mol. The number of amides is 1. The van der Waals surface area contributed by atoms with Crippen molar-refractivity contribution in [3.63, 3.8) is 0 Å². The Morgan fingerprint density at radius 3 is 2.71 bits per heavy atom. The lowest BCUT2D eigenvalue weighted by Gasteiger charge is -2.03. The van der Waals surface area contributed by atoms with Gasteiger partial charge in [-0.15, -0.1) is 11.3 Å². The van der Waals surface area contributed by atoms with Gasteiger partial charge in [-0.05, 0) is 18.2 Å². The van der Waals surface area contributed by atoms with Gasteiger partial charge in [-0.2, -0.15) is 5.10 Å². The van der Waals surface area contributed by atoms with Crippen molar-refractivity contribution in [3.05, 3.63) is 45.0 Å². The van der Waals surface area contributed by atoms with Gasteiger partial charge in [0.05, 0.1) is 17.2 Å². The van der Waals surface area contributed by atoms with Gasteiger partial charge in [-0.1, -0.05) is 23.2 Å². The molecule has 0 bridgehead atoms. The summed E-state index contributed by atoms with van der Waals surface area (Å²) >= 11 is 13.4. The maximum absolute atomic E-state index is 12.2. The topological polar surface area (TPSA) is 73.2 Å². The molecular formula is C15H11Cl2N3O3S. The summed E-state index contributed by atoms with van der Waals surface area (Å²) in [6, 6.07) is 5.15. The molecule has 2 heterocycles. The van der Waals surface area contributed by atoms with Crippen LogP contribution >= 0.6 is 34.5 Å². The Kier molecular flexibility index (Phi) is 4.49. The molecule has 6 nitrogen and oxygen atoms in total. The summed E-state index contributed by atoms with van der Waals surface area (Å²) in [6.07, 6.45) is 1.54. The highest BCUT2D eigenvalue weighted by atomic mass is 35.5. The fraction of sp³-hybridized carbons (Fsp3) is 0.133. The van der Waals surface area contributed by atoms with Crippen molar-refractivity contribution in [2.75, 3.05) is 12.4 Å². The number of aromatic nitrogens is 2. The Hall–Kier alpha value is -2.09. The summed E-state index contributed by atoms with van der Waals surface area (Å²) < 4.78 is 6.92. The van der Waals surface area contributed by atoms with Gasteiger partial charge >= 0.3 is 5.97 Å². The highest BCUT2D eigenvalue weighted by Gasteiger charge is 2.19. The summed E-state index contributed by atoms with van der Waals surface area (Å²) in [6.45, 7) is 0. The van der Waals surface area contributed by atoms with Gasteiger partial charge in [0, 0.05) is 29.0 Å². The van der Waals surface area contributed by atoms with Crippen LogP contribution in [0.5, 0.6) is 0 Å². The van der Waals surface area contributed by atoms with E-state index in [-0.39, 0.29) is 10.7 Å². The third-order valence-corrected chi connectivity index (χ3v) is 5.17. The largest absolute Gasteiger partial charge is 0.465 e. The normalized spacial score (nSPS) is 10.8. The minimum atomic E-state index is -0.493. The van der Waals surface area contributed by atoms with E-state index in [1.807, 2.05) is 0 Å². The van der Waals surface area contributed by atoms with E-state index < -0.39 is 11.9 Å². The summed E-state index contributed by atoms with van der Waals surface area (Å²) in [5.74, 6) is -0.914. The number of esters is 1. The maximum Gasteiger partial charge on any atom is 0.349 e. The van der Waals surface area contributed by atoms with Gasteiger partial charge in [0.2, 0.25) is 0 Å². The molecule has 3 aromatic rings. The number of hydrogen-bond donors (Lipinski definition) is 1. The summed E-state index contributed by atoms with van der Waals surface area (Å²) in [5.41, 5.74) is 0.683. The van der Waals surface area contributed by atoms with E-state index in [2.05, 4.69) is 10.4 Å². The van der Waals surface area contributed by atoms with E-state index in [0.29, 0.717) is 15.6 Å². The number of carbonyl (C=O) groups is 2. The van der Waals surface area contributed by atoms with Crippen LogP contribution in [0, 0.1) is 0 Å². The Labute approximate surface area is 150 Å². The second kappa shape index (κ2) is 6.43. The molecule has 9 heteroatoms. The molecule has 1 aromatic carbocycles. The van der Waals surface area contributed by atoms with Crippen LogP contribution in [0.2, 0.25) is 10.0 Å². The zero-order valence-electron chi connectivity index (χ0n) is 12.6. The number of nitrogens with one attached hydrogen (secondary N) is 1. The monoisotopic (exact) mass is 383 g/mol. The van der Waals surface area contributed by atoms with Crippen LogP contribution in [0.15, 0.2) is 24.4 Å². The number of carbonyl (C=O) groups excluding carboxylic acids is 2. The average Bonchev–Trinajstić information content (AvgIpc) is 3.06. The van der Waals surface area contributed by atoms with Crippen LogP contribution in [0.25, 0.3) is 10.1 Å². The molecule has 0 saturated carbocycles. The first-order valence-electron chi connectivity index (χ1n) is 6.71. The lowest BCUT2D eigenvalue weighted by atomic mass is 10.2. The summed E-state index contributed by atoms with van der Waals surface area (Å²) in [4.78, 5) is 24.3. The molecule has 24 heavy (non-hydrogen) atoms. The molecule has 0 radical (unpaired) electrons. The van der Waals surface area contributed by atoms with Gasteiger partial charge in [-0.25, -0.2) is 4.79 Å². The van der Waals surface area contributed by atoms with Crippen LogP contribution in [0.3, 0.4) is 0 Å². The Balaban J connectivity index is 1.92.